The van der Waals surface area contributed by atoms with Crippen molar-refractivity contribution in [3.05, 3.63) is 0 Å². The maximum atomic E-state index is 13.0. The number of unbranched alkanes of at least 4 members (excludes halogenated alkanes) is 2. The molecule has 0 aliphatic heterocycles. The molecule has 0 bridgehead atoms. The average Bonchev–Trinajstić information content (AvgIpc) is 2.29. The molecule has 0 radical (unpaired) electrons. The van der Waals surface area contributed by atoms with Crippen LogP contribution in [-0.4, -0.2) is 6.17 Å². The molecular weight excluding hydrogens is 211 g/mol. The predicted molar refractivity (Wildman–Crippen MR) is 73.9 cm³/mol. The molecule has 1 heteroatoms. The molecule has 2 atom stereocenters. The number of hydrogen-bond donors (Lipinski definition) is 0. The smallest absolute Gasteiger partial charge is 0.0976 e. The Kier molecular flexibility index (Phi) is 7.15. The maximum Gasteiger partial charge on any atom is 0.0976 e. The summed E-state index contributed by atoms with van der Waals surface area (Å²) in [6, 6.07) is 0. The van der Waals surface area contributed by atoms with E-state index in [0.29, 0.717) is 5.92 Å². The zero-order valence-electron chi connectivity index (χ0n) is 12.1. The summed E-state index contributed by atoms with van der Waals surface area (Å²) in [5, 5.41) is 0. The molecule has 1 aliphatic rings. The van der Waals surface area contributed by atoms with E-state index in [1.165, 1.54) is 51.4 Å². The van der Waals surface area contributed by atoms with Crippen LogP contribution >= 0.6 is 0 Å². The van der Waals surface area contributed by atoms with Gasteiger partial charge in [0, 0.05) is 0 Å². The molecule has 0 saturated heterocycles. The second kappa shape index (κ2) is 8.11. The van der Waals surface area contributed by atoms with Gasteiger partial charge < -0.3 is 0 Å². The van der Waals surface area contributed by atoms with E-state index in [0.717, 1.165) is 18.3 Å². The third kappa shape index (κ3) is 5.88. The van der Waals surface area contributed by atoms with Gasteiger partial charge in [0.05, 0.1) is 6.17 Å². The Hall–Kier alpha value is -0.0700. The van der Waals surface area contributed by atoms with Crippen molar-refractivity contribution in [2.75, 3.05) is 0 Å². The first-order chi connectivity index (χ1) is 8.13. The van der Waals surface area contributed by atoms with Crippen LogP contribution in [0.3, 0.4) is 0 Å². The first kappa shape index (κ1) is 15.0. The molecule has 0 N–H and O–H groups in total. The monoisotopic (exact) mass is 242 g/mol. The highest BCUT2D eigenvalue weighted by atomic mass is 19.1. The lowest BCUT2D eigenvalue weighted by molar-refractivity contribution is 0.172. The third-order valence-electron chi connectivity index (χ3n) is 4.61. The van der Waals surface area contributed by atoms with E-state index in [1.54, 1.807) is 6.92 Å². The standard InChI is InChI=1S/C16H31F/c1-4-5-6-7-15-8-10-16(11-9-15)13(2)12-14(3)17/h13-16H,4-12H2,1-3H3. The van der Waals surface area contributed by atoms with Gasteiger partial charge in [-0.15, -0.1) is 0 Å². The highest BCUT2D eigenvalue weighted by molar-refractivity contribution is 4.77. The highest BCUT2D eigenvalue weighted by Gasteiger charge is 2.25. The van der Waals surface area contributed by atoms with Crippen molar-refractivity contribution < 1.29 is 4.39 Å². The molecule has 1 rings (SSSR count). The van der Waals surface area contributed by atoms with Crippen molar-refractivity contribution in [3.63, 3.8) is 0 Å². The summed E-state index contributed by atoms with van der Waals surface area (Å²) in [5.41, 5.74) is 0. The highest BCUT2D eigenvalue weighted by Crippen LogP contribution is 2.37. The van der Waals surface area contributed by atoms with Gasteiger partial charge in [0.15, 0.2) is 0 Å². The fourth-order valence-corrected chi connectivity index (χ4v) is 3.43. The van der Waals surface area contributed by atoms with E-state index < -0.39 is 6.17 Å². The van der Waals surface area contributed by atoms with E-state index in [2.05, 4.69) is 13.8 Å². The molecule has 0 nitrogen and oxygen atoms in total. The van der Waals surface area contributed by atoms with Gasteiger partial charge in [0.1, 0.15) is 0 Å². The molecule has 0 aromatic carbocycles. The number of hydrogen-bond acceptors (Lipinski definition) is 0. The van der Waals surface area contributed by atoms with Crippen molar-refractivity contribution in [1.82, 2.24) is 0 Å². The lowest BCUT2D eigenvalue weighted by Crippen LogP contribution is -2.21. The minimum absolute atomic E-state index is 0.589. The summed E-state index contributed by atoms with van der Waals surface area (Å²) in [5.74, 6) is 2.37. The molecule has 0 aromatic rings. The SMILES string of the molecule is CCCCCC1CCC(C(C)CC(C)F)CC1. The van der Waals surface area contributed by atoms with E-state index in [4.69, 9.17) is 0 Å². The molecule has 0 amide bonds. The van der Waals surface area contributed by atoms with Crippen LogP contribution in [0.4, 0.5) is 4.39 Å². The van der Waals surface area contributed by atoms with Gasteiger partial charge in [-0.1, -0.05) is 52.4 Å². The van der Waals surface area contributed by atoms with Crippen LogP contribution in [0.25, 0.3) is 0 Å². The summed E-state index contributed by atoms with van der Waals surface area (Å²) in [6.45, 7) is 6.22. The first-order valence-corrected chi connectivity index (χ1v) is 7.77. The van der Waals surface area contributed by atoms with Gasteiger partial charge in [0.2, 0.25) is 0 Å². The summed E-state index contributed by atoms with van der Waals surface area (Å²) in [7, 11) is 0. The number of halogens is 1. The van der Waals surface area contributed by atoms with Crippen LogP contribution in [0.5, 0.6) is 0 Å². The van der Waals surface area contributed by atoms with Crippen LogP contribution < -0.4 is 0 Å². The third-order valence-corrected chi connectivity index (χ3v) is 4.61. The molecule has 1 saturated carbocycles. The molecule has 1 aliphatic carbocycles. The Labute approximate surface area is 107 Å². The molecule has 0 heterocycles. The van der Waals surface area contributed by atoms with Crippen LogP contribution in [-0.2, 0) is 0 Å². The Morgan fingerprint density at radius 3 is 2.24 bits per heavy atom. The number of rotatable bonds is 7. The van der Waals surface area contributed by atoms with Crippen molar-refractivity contribution in [2.45, 2.75) is 84.7 Å². The topological polar surface area (TPSA) is 0 Å². The second-order valence-electron chi connectivity index (χ2n) is 6.27. The van der Waals surface area contributed by atoms with E-state index >= 15 is 0 Å². The average molecular weight is 242 g/mol. The van der Waals surface area contributed by atoms with Gasteiger partial charge >= 0.3 is 0 Å². The lowest BCUT2D eigenvalue weighted by Gasteiger charge is -2.32. The van der Waals surface area contributed by atoms with E-state index in [1.807, 2.05) is 0 Å². The van der Waals surface area contributed by atoms with Crippen molar-refractivity contribution >= 4 is 0 Å². The van der Waals surface area contributed by atoms with Gasteiger partial charge in [-0.25, -0.2) is 4.39 Å². The van der Waals surface area contributed by atoms with Crippen LogP contribution in [0.2, 0.25) is 0 Å². The fraction of sp³-hybridized carbons (Fsp3) is 1.00. The summed E-state index contributed by atoms with van der Waals surface area (Å²) >= 11 is 0. The number of alkyl halides is 1. The van der Waals surface area contributed by atoms with Gasteiger partial charge in [-0.05, 0) is 43.9 Å². The van der Waals surface area contributed by atoms with Crippen molar-refractivity contribution in [1.29, 1.82) is 0 Å². The minimum atomic E-state index is -0.618. The summed E-state index contributed by atoms with van der Waals surface area (Å²) in [4.78, 5) is 0. The molecule has 0 aromatic heterocycles. The van der Waals surface area contributed by atoms with Gasteiger partial charge in [-0.2, -0.15) is 0 Å². The van der Waals surface area contributed by atoms with Crippen molar-refractivity contribution in [2.24, 2.45) is 17.8 Å². The largest absolute Gasteiger partial charge is 0.248 e. The minimum Gasteiger partial charge on any atom is -0.248 e. The summed E-state index contributed by atoms with van der Waals surface area (Å²) < 4.78 is 13.0. The van der Waals surface area contributed by atoms with E-state index in [9.17, 15) is 4.39 Å². The van der Waals surface area contributed by atoms with Gasteiger partial charge in [0.25, 0.3) is 0 Å². The molecule has 102 valence electrons. The zero-order chi connectivity index (χ0) is 12.7. The molecule has 17 heavy (non-hydrogen) atoms. The second-order valence-corrected chi connectivity index (χ2v) is 6.27. The maximum absolute atomic E-state index is 13.0. The molecule has 1 fully saturated rings. The van der Waals surface area contributed by atoms with E-state index in [-0.39, 0.29) is 0 Å². The van der Waals surface area contributed by atoms with Crippen molar-refractivity contribution in [3.8, 4) is 0 Å². The lowest BCUT2D eigenvalue weighted by atomic mass is 9.74. The predicted octanol–water partition coefficient (Wildman–Crippen LogP) is 5.76. The fourth-order valence-electron chi connectivity index (χ4n) is 3.43. The Morgan fingerprint density at radius 1 is 1.06 bits per heavy atom. The molecule has 0 spiro atoms. The molecule has 2 unspecified atom stereocenters. The summed E-state index contributed by atoms with van der Waals surface area (Å²) in [6.07, 6.45) is 11.2. The molecular formula is C16H31F. The van der Waals surface area contributed by atoms with Crippen LogP contribution in [0, 0.1) is 17.8 Å². The van der Waals surface area contributed by atoms with Crippen LogP contribution in [0.15, 0.2) is 0 Å². The Morgan fingerprint density at radius 2 is 1.71 bits per heavy atom. The normalized spacial score (nSPS) is 28.9. The first-order valence-electron chi connectivity index (χ1n) is 7.77. The van der Waals surface area contributed by atoms with Gasteiger partial charge in [-0.3, -0.25) is 0 Å². The Bertz CT molecular complexity index is 180. The zero-order valence-corrected chi connectivity index (χ0v) is 12.1. The quantitative estimate of drug-likeness (QED) is 0.498. The van der Waals surface area contributed by atoms with Crippen LogP contribution in [0.1, 0.15) is 78.6 Å². The Balaban J connectivity index is 2.16.